The molecule has 0 saturated carbocycles. The molecule has 0 fully saturated rings. The first kappa shape index (κ1) is 12.9. The zero-order chi connectivity index (χ0) is 11.8. The van der Waals surface area contributed by atoms with E-state index in [0.29, 0.717) is 17.7 Å². The molecule has 0 atom stereocenters. The van der Waals surface area contributed by atoms with Crippen LogP contribution in [0.25, 0.3) is 0 Å². The predicted molar refractivity (Wildman–Crippen MR) is 62.0 cm³/mol. The highest BCUT2D eigenvalue weighted by Crippen LogP contribution is 2.16. The second-order valence-corrected chi connectivity index (χ2v) is 3.53. The van der Waals surface area contributed by atoms with E-state index < -0.39 is 0 Å². The fourth-order valence-corrected chi connectivity index (χ4v) is 1.38. The number of halogens is 1. The van der Waals surface area contributed by atoms with Gasteiger partial charge in [0.15, 0.2) is 6.29 Å². The Bertz CT molecular complexity index is 347. The third kappa shape index (κ3) is 3.75. The minimum Gasteiger partial charge on any atom is -0.385 e. The molecule has 0 bridgehead atoms. The first-order valence-electron chi connectivity index (χ1n) is 4.98. The summed E-state index contributed by atoms with van der Waals surface area (Å²) in [5, 5.41) is 3.21. The van der Waals surface area contributed by atoms with Crippen molar-refractivity contribution < 1.29 is 9.53 Å². The molecule has 16 heavy (non-hydrogen) atoms. The predicted octanol–water partition coefficient (Wildman–Crippen LogP) is 1.78. The molecule has 0 amide bonds. The molecule has 1 heterocycles. The van der Waals surface area contributed by atoms with Crippen molar-refractivity contribution in [2.24, 2.45) is 0 Å². The number of unbranched alkanes of at least 4 members (excludes halogenated alkanes) is 1. The van der Waals surface area contributed by atoms with Gasteiger partial charge in [0.05, 0.1) is 5.56 Å². The fourth-order valence-electron chi connectivity index (χ4n) is 1.20. The Morgan fingerprint density at radius 2 is 2.31 bits per heavy atom. The van der Waals surface area contributed by atoms with Crippen molar-refractivity contribution in [3.8, 4) is 0 Å². The lowest BCUT2D eigenvalue weighted by Crippen LogP contribution is -2.07. The van der Waals surface area contributed by atoms with Crippen LogP contribution in [0, 0.1) is 0 Å². The molecule has 0 aliphatic heterocycles. The number of aromatic nitrogens is 2. The monoisotopic (exact) mass is 243 g/mol. The molecule has 6 heteroatoms. The van der Waals surface area contributed by atoms with Crippen molar-refractivity contribution in [1.82, 2.24) is 9.97 Å². The molecule has 0 spiro atoms. The van der Waals surface area contributed by atoms with Gasteiger partial charge in [-0.1, -0.05) is 11.6 Å². The summed E-state index contributed by atoms with van der Waals surface area (Å²) < 4.78 is 4.93. The molecule has 0 aliphatic carbocycles. The van der Waals surface area contributed by atoms with Crippen molar-refractivity contribution >= 4 is 23.7 Å². The second kappa shape index (κ2) is 7.14. The lowest BCUT2D eigenvalue weighted by Gasteiger charge is -2.07. The first-order chi connectivity index (χ1) is 7.79. The Hall–Kier alpha value is -1.20. The normalized spacial score (nSPS) is 10.1. The highest BCUT2D eigenvalue weighted by Gasteiger charge is 2.07. The molecule has 0 unspecified atom stereocenters. The number of carbonyl (C=O) groups excluding carboxylic acids is 1. The van der Waals surface area contributed by atoms with Gasteiger partial charge in [-0.15, -0.1) is 0 Å². The Kier molecular flexibility index (Phi) is 5.74. The van der Waals surface area contributed by atoms with Crippen LogP contribution in [0.3, 0.4) is 0 Å². The molecular formula is C10H14ClN3O2. The van der Waals surface area contributed by atoms with Crippen molar-refractivity contribution in [3.05, 3.63) is 17.0 Å². The van der Waals surface area contributed by atoms with Gasteiger partial charge in [0, 0.05) is 20.3 Å². The van der Waals surface area contributed by atoms with Gasteiger partial charge in [0.2, 0.25) is 0 Å². The number of carbonyl (C=O) groups is 1. The molecule has 1 aromatic heterocycles. The summed E-state index contributed by atoms with van der Waals surface area (Å²) in [4.78, 5) is 18.4. The summed E-state index contributed by atoms with van der Waals surface area (Å²) in [6, 6.07) is 0. The Morgan fingerprint density at radius 3 is 3.00 bits per heavy atom. The van der Waals surface area contributed by atoms with Crippen LogP contribution in [0.2, 0.25) is 5.15 Å². The standard InChI is InChI=1S/C10H14ClN3O2/c1-16-5-3-2-4-12-10-8(6-15)9(11)13-7-14-10/h6-7H,2-5H2,1H3,(H,12,13,14). The third-order valence-corrected chi connectivity index (χ3v) is 2.32. The van der Waals surface area contributed by atoms with E-state index in [1.54, 1.807) is 7.11 Å². The molecule has 1 rings (SSSR count). The quantitative estimate of drug-likeness (QED) is 0.449. The molecule has 0 radical (unpaired) electrons. The van der Waals surface area contributed by atoms with Crippen molar-refractivity contribution in [3.63, 3.8) is 0 Å². The zero-order valence-corrected chi connectivity index (χ0v) is 9.83. The summed E-state index contributed by atoms with van der Waals surface area (Å²) in [5.74, 6) is 0.479. The van der Waals surface area contributed by atoms with E-state index in [9.17, 15) is 4.79 Å². The van der Waals surface area contributed by atoms with E-state index in [2.05, 4.69) is 15.3 Å². The number of hydrogen-bond acceptors (Lipinski definition) is 5. The molecule has 1 N–H and O–H groups in total. The number of nitrogens with one attached hydrogen (secondary N) is 1. The molecule has 1 aromatic rings. The second-order valence-electron chi connectivity index (χ2n) is 3.17. The minimum atomic E-state index is 0.171. The Balaban J connectivity index is 2.47. The van der Waals surface area contributed by atoms with Gasteiger partial charge in [0.1, 0.15) is 17.3 Å². The average molecular weight is 244 g/mol. The molecular weight excluding hydrogens is 230 g/mol. The van der Waals surface area contributed by atoms with Crippen LogP contribution >= 0.6 is 11.6 Å². The Morgan fingerprint density at radius 1 is 1.50 bits per heavy atom. The number of nitrogens with zero attached hydrogens (tertiary/aromatic N) is 2. The first-order valence-corrected chi connectivity index (χ1v) is 5.36. The number of methoxy groups -OCH3 is 1. The summed E-state index contributed by atoms with van der Waals surface area (Å²) in [6.45, 7) is 1.45. The number of rotatable bonds is 7. The van der Waals surface area contributed by atoms with Crippen molar-refractivity contribution in [1.29, 1.82) is 0 Å². The van der Waals surface area contributed by atoms with Crippen molar-refractivity contribution in [2.75, 3.05) is 25.6 Å². The van der Waals surface area contributed by atoms with E-state index >= 15 is 0 Å². The Labute approximate surface area is 99.2 Å². The van der Waals surface area contributed by atoms with Gasteiger partial charge in [-0.3, -0.25) is 4.79 Å². The molecule has 88 valence electrons. The van der Waals surface area contributed by atoms with Crippen LogP contribution in [0.5, 0.6) is 0 Å². The largest absolute Gasteiger partial charge is 0.385 e. The topological polar surface area (TPSA) is 64.1 Å². The van der Waals surface area contributed by atoms with Gasteiger partial charge in [-0.25, -0.2) is 9.97 Å². The lowest BCUT2D eigenvalue weighted by molar-refractivity contribution is 0.112. The van der Waals surface area contributed by atoms with E-state index in [0.717, 1.165) is 26.0 Å². The van der Waals surface area contributed by atoms with Gasteiger partial charge < -0.3 is 10.1 Å². The number of aldehydes is 1. The van der Waals surface area contributed by atoms with Crippen LogP contribution in [-0.2, 0) is 4.74 Å². The SMILES string of the molecule is COCCCCNc1ncnc(Cl)c1C=O. The van der Waals surface area contributed by atoms with Crippen LogP contribution in [0.15, 0.2) is 6.33 Å². The van der Waals surface area contributed by atoms with Gasteiger partial charge in [-0.05, 0) is 12.8 Å². The van der Waals surface area contributed by atoms with Gasteiger partial charge in [0.25, 0.3) is 0 Å². The maximum atomic E-state index is 10.8. The van der Waals surface area contributed by atoms with Crippen molar-refractivity contribution in [2.45, 2.75) is 12.8 Å². The van der Waals surface area contributed by atoms with E-state index in [4.69, 9.17) is 16.3 Å². The third-order valence-electron chi connectivity index (χ3n) is 2.02. The minimum absolute atomic E-state index is 0.171. The van der Waals surface area contributed by atoms with E-state index in [1.165, 1.54) is 6.33 Å². The molecule has 0 aliphatic rings. The van der Waals surface area contributed by atoms with E-state index in [-0.39, 0.29) is 5.15 Å². The van der Waals surface area contributed by atoms with Crippen LogP contribution in [-0.4, -0.2) is 36.5 Å². The molecule has 0 aromatic carbocycles. The zero-order valence-electron chi connectivity index (χ0n) is 9.07. The highest BCUT2D eigenvalue weighted by atomic mass is 35.5. The van der Waals surface area contributed by atoms with Gasteiger partial charge >= 0.3 is 0 Å². The van der Waals surface area contributed by atoms with Crippen LogP contribution < -0.4 is 5.32 Å². The fraction of sp³-hybridized carbons (Fsp3) is 0.500. The summed E-state index contributed by atoms with van der Waals surface area (Å²) in [7, 11) is 1.67. The van der Waals surface area contributed by atoms with Crippen LogP contribution in [0.4, 0.5) is 5.82 Å². The molecule has 0 saturated heterocycles. The number of anilines is 1. The smallest absolute Gasteiger partial charge is 0.156 e. The summed E-state index contributed by atoms with van der Waals surface area (Å²) in [6.07, 6.45) is 3.87. The number of hydrogen-bond donors (Lipinski definition) is 1. The number of ether oxygens (including phenoxy) is 1. The van der Waals surface area contributed by atoms with Crippen LogP contribution in [0.1, 0.15) is 23.2 Å². The molecule has 5 nitrogen and oxygen atoms in total. The highest BCUT2D eigenvalue weighted by molar-refractivity contribution is 6.32. The summed E-state index contributed by atoms with van der Waals surface area (Å²) >= 11 is 5.75. The maximum absolute atomic E-state index is 10.8. The maximum Gasteiger partial charge on any atom is 0.156 e. The van der Waals surface area contributed by atoms with E-state index in [1.807, 2.05) is 0 Å². The van der Waals surface area contributed by atoms with Gasteiger partial charge in [-0.2, -0.15) is 0 Å². The average Bonchev–Trinajstić information content (AvgIpc) is 2.29. The summed E-state index contributed by atoms with van der Waals surface area (Å²) in [5.41, 5.74) is 0.302. The lowest BCUT2D eigenvalue weighted by atomic mass is 10.3.